The fourth-order valence-corrected chi connectivity index (χ4v) is 1.21. The number of hydrogen-bond acceptors (Lipinski definition) is 4. The number of nitrogens with zero attached hydrogens (tertiary/aromatic N) is 2. The molecule has 6 heteroatoms. The van der Waals surface area contributed by atoms with E-state index in [4.69, 9.17) is 5.11 Å². The molecular weight excluding hydrogens is 230 g/mol. The standard InChI is InChI=1S/C10H15N3O2.ClH/c14-9-7-11-6-8-13(12-15)10-4-2-1-3-5-10;/h1-5,11,14H,6-9H2;1H. The Morgan fingerprint density at radius 2 is 1.94 bits per heavy atom. The molecule has 0 spiro atoms. The monoisotopic (exact) mass is 245 g/mol. The predicted octanol–water partition coefficient (Wildman–Crippen LogP) is 1.18. The maximum Gasteiger partial charge on any atom is 0.0626 e. The Labute approximate surface area is 101 Å². The number of nitroso groups, excluding NO2 is 1. The summed E-state index contributed by atoms with van der Waals surface area (Å²) in [7, 11) is 0. The second-order valence-electron chi connectivity index (χ2n) is 3.01. The Morgan fingerprint density at radius 1 is 1.25 bits per heavy atom. The van der Waals surface area contributed by atoms with Crippen molar-refractivity contribution in [1.29, 1.82) is 0 Å². The number of aliphatic hydroxyl groups excluding tert-OH is 1. The lowest BCUT2D eigenvalue weighted by Crippen LogP contribution is -2.29. The number of para-hydroxylation sites is 1. The van der Waals surface area contributed by atoms with Crippen LogP contribution in [0.4, 0.5) is 5.69 Å². The first-order valence-corrected chi connectivity index (χ1v) is 4.86. The first-order valence-electron chi connectivity index (χ1n) is 4.86. The molecule has 0 atom stereocenters. The maximum absolute atomic E-state index is 10.6. The van der Waals surface area contributed by atoms with Gasteiger partial charge in [-0.25, -0.2) is 5.01 Å². The van der Waals surface area contributed by atoms with E-state index in [-0.39, 0.29) is 19.0 Å². The van der Waals surface area contributed by atoms with E-state index in [1.807, 2.05) is 30.3 Å². The smallest absolute Gasteiger partial charge is 0.0626 e. The van der Waals surface area contributed by atoms with Crippen molar-refractivity contribution < 1.29 is 5.11 Å². The molecule has 0 aromatic heterocycles. The molecule has 1 aromatic carbocycles. The van der Waals surface area contributed by atoms with Gasteiger partial charge in [-0.2, -0.15) is 0 Å². The third-order valence-electron chi connectivity index (χ3n) is 1.94. The Morgan fingerprint density at radius 3 is 2.50 bits per heavy atom. The van der Waals surface area contributed by atoms with Crippen LogP contribution in [0.3, 0.4) is 0 Å². The fourth-order valence-electron chi connectivity index (χ4n) is 1.21. The number of benzene rings is 1. The van der Waals surface area contributed by atoms with Crippen molar-refractivity contribution in [1.82, 2.24) is 5.32 Å². The van der Waals surface area contributed by atoms with Crippen molar-refractivity contribution in [3.8, 4) is 0 Å². The summed E-state index contributed by atoms with van der Waals surface area (Å²) in [5.74, 6) is 0. The van der Waals surface area contributed by atoms with Gasteiger partial charge in [0.05, 0.1) is 24.1 Å². The molecule has 0 aliphatic heterocycles. The minimum Gasteiger partial charge on any atom is -0.395 e. The SMILES string of the molecule is Cl.O=NN(CCNCCO)c1ccccc1. The molecular formula is C10H16ClN3O2. The van der Waals surface area contributed by atoms with E-state index in [0.29, 0.717) is 19.6 Å². The normalized spacial score (nSPS) is 9.31. The molecule has 0 amide bonds. The molecule has 0 aliphatic carbocycles. The summed E-state index contributed by atoms with van der Waals surface area (Å²) >= 11 is 0. The molecule has 0 aliphatic rings. The Hall–Kier alpha value is -1.17. The summed E-state index contributed by atoms with van der Waals surface area (Å²) in [5, 5.41) is 15.8. The van der Waals surface area contributed by atoms with Crippen LogP contribution in [0.2, 0.25) is 0 Å². The van der Waals surface area contributed by atoms with Crippen LogP contribution < -0.4 is 10.3 Å². The maximum atomic E-state index is 10.6. The summed E-state index contributed by atoms with van der Waals surface area (Å²) in [6.07, 6.45) is 0. The lowest BCUT2D eigenvalue weighted by atomic mass is 10.3. The van der Waals surface area contributed by atoms with Crippen molar-refractivity contribution in [3.63, 3.8) is 0 Å². The molecule has 1 rings (SSSR count). The van der Waals surface area contributed by atoms with E-state index < -0.39 is 0 Å². The molecule has 16 heavy (non-hydrogen) atoms. The van der Waals surface area contributed by atoms with E-state index in [9.17, 15) is 4.91 Å². The number of nitrogens with one attached hydrogen (secondary N) is 1. The molecule has 90 valence electrons. The largest absolute Gasteiger partial charge is 0.395 e. The Bertz CT molecular complexity index is 285. The summed E-state index contributed by atoms with van der Waals surface area (Å²) < 4.78 is 0. The summed E-state index contributed by atoms with van der Waals surface area (Å²) in [4.78, 5) is 10.6. The lowest BCUT2D eigenvalue weighted by molar-refractivity contribution is 0.293. The first-order chi connectivity index (χ1) is 7.38. The molecule has 0 radical (unpaired) electrons. The van der Waals surface area contributed by atoms with Gasteiger partial charge < -0.3 is 10.4 Å². The van der Waals surface area contributed by atoms with Gasteiger partial charge in [-0.15, -0.1) is 17.3 Å². The highest BCUT2D eigenvalue weighted by Gasteiger charge is 2.04. The van der Waals surface area contributed by atoms with Crippen LogP contribution in [0.1, 0.15) is 0 Å². The van der Waals surface area contributed by atoms with Gasteiger partial charge in [0.25, 0.3) is 0 Å². The number of anilines is 1. The van der Waals surface area contributed by atoms with Crippen LogP contribution in [0.15, 0.2) is 35.6 Å². The van der Waals surface area contributed by atoms with Crippen molar-refractivity contribution in [2.45, 2.75) is 0 Å². The summed E-state index contributed by atoms with van der Waals surface area (Å²) in [6, 6.07) is 9.25. The first kappa shape index (κ1) is 14.8. The second-order valence-corrected chi connectivity index (χ2v) is 3.01. The fraction of sp³-hybridized carbons (Fsp3) is 0.400. The minimum atomic E-state index is 0. The highest BCUT2D eigenvalue weighted by Crippen LogP contribution is 2.12. The molecule has 5 nitrogen and oxygen atoms in total. The number of halogens is 1. The van der Waals surface area contributed by atoms with Gasteiger partial charge in [0, 0.05) is 13.1 Å². The molecule has 2 N–H and O–H groups in total. The highest BCUT2D eigenvalue weighted by molar-refractivity contribution is 5.85. The van der Waals surface area contributed by atoms with E-state index >= 15 is 0 Å². The summed E-state index contributed by atoms with van der Waals surface area (Å²) in [6.45, 7) is 1.73. The van der Waals surface area contributed by atoms with Crippen molar-refractivity contribution >= 4 is 18.1 Å². The van der Waals surface area contributed by atoms with Crippen molar-refractivity contribution in [2.24, 2.45) is 5.29 Å². The lowest BCUT2D eigenvalue weighted by Gasteiger charge is -2.14. The van der Waals surface area contributed by atoms with Gasteiger partial charge in [0.2, 0.25) is 0 Å². The van der Waals surface area contributed by atoms with E-state index in [1.54, 1.807) is 0 Å². The zero-order valence-electron chi connectivity index (χ0n) is 8.87. The summed E-state index contributed by atoms with van der Waals surface area (Å²) in [5.41, 5.74) is 0.776. The third kappa shape index (κ3) is 5.06. The highest BCUT2D eigenvalue weighted by atomic mass is 35.5. The number of hydrogen-bond donors (Lipinski definition) is 2. The average Bonchev–Trinajstić information content (AvgIpc) is 2.30. The average molecular weight is 246 g/mol. The minimum absolute atomic E-state index is 0. The molecule has 0 saturated carbocycles. The molecule has 0 heterocycles. The number of rotatable bonds is 7. The van der Waals surface area contributed by atoms with Crippen LogP contribution in [0.5, 0.6) is 0 Å². The Kier molecular flexibility index (Phi) is 8.42. The van der Waals surface area contributed by atoms with Crippen LogP contribution in [-0.2, 0) is 0 Å². The predicted molar refractivity (Wildman–Crippen MR) is 66.8 cm³/mol. The van der Waals surface area contributed by atoms with Crippen molar-refractivity contribution in [2.75, 3.05) is 31.3 Å². The van der Waals surface area contributed by atoms with Gasteiger partial charge in [-0.3, -0.25) is 0 Å². The van der Waals surface area contributed by atoms with Gasteiger partial charge in [-0.1, -0.05) is 18.2 Å². The van der Waals surface area contributed by atoms with E-state index in [1.165, 1.54) is 5.01 Å². The zero-order valence-corrected chi connectivity index (χ0v) is 9.69. The topological polar surface area (TPSA) is 64.9 Å². The van der Waals surface area contributed by atoms with Crippen LogP contribution in [-0.4, -0.2) is 31.3 Å². The van der Waals surface area contributed by atoms with Gasteiger partial charge in [0.15, 0.2) is 0 Å². The van der Waals surface area contributed by atoms with Crippen LogP contribution >= 0.6 is 12.4 Å². The number of aliphatic hydroxyl groups is 1. The van der Waals surface area contributed by atoms with Crippen molar-refractivity contribution in [3.05, 3.63) is 35.2 Å². The molecule has 0 saturated heterocycles. The van der Waals surface area contributed by atoms with Gasteiger partial charge in [0.1, 0.15) is 0 Å². The quantitative estimate of drug-likeness (QED) is 0.430. The van der Waals surface area contributed by atoms with Crippen LogP contribution in [0, 0.1) is 4.91 Å². The second kappa shape index (κ2) is 9.08. The third-order valence-corrected chi connectivity index (χ3v) is 1.94. The molecule has 0 fully saturated rings. The Balaban J connectivity index is 0.00000225. The van der Waals surface area contributed by atoms with Crippen LogP contribution in [0.25, 0.3) is 0 Å². The van der Waals surface area contributed by atoms with Gasteiger partial charge >= 0.3 is 0 Å². The molecule has 0 unspecified atom stereocenters. The molecule has 0 bridgehead atoms. The van der Waals surface area contributed by atoms with Gasteiger partial charge in [-0.05, 0) is 12.1 Å². The molecule has 1 aromatic rings. The van der Waals surface area contributed by atoms with E-state index in [2.05, 4.69) is 10.6 Å². The van der Waals surface area contributed by atoms with E-state index in [0.717, 1.165) is 5.69 Å². The zero-order chi connectivity index (χ0) is 10.9.